The number of carbonyl (C=O) groups is 1. The summed E-state index contributed by atoms with van der Waals surface area (Å²) in [5, 5.41) is 0. The van der Waals surface area contributed by atoms with Crippen molar-refractivity contribution in [3.63, 3.8) is 0 Å². The highest BCUT2D eigenvalue weighted by Gasteiger charge is 2.25. The van der Waals surface area contributed by atoms with Crippen molar-refractivity contribution >= 4 is 11.6 Å². The van der Waals surface area contributed by atoms with E-state index in [4.69, 9.17) is 0 Å². The molecule has 0 radical (unpaired) electrons. The molecule has 1 saturated heterocycles. The van der Waals surface area contributed by atoms with Crippen LogP contribution < -0.4 is 0 Å². The Morgan fingerprint density at radius 2 is 2.26 bits per heavy atom. The SMILES string of the molecule is Cc1ccn2cc(C(=O)N3CCCCC3C)nc2c1. The second-order valence-corrected chi connectivity index (χ2v) is 5.44. The fourth-order valence-corrected chi connectivity index (χ4v) is 2.73. The Morgan fingerprint density at radius 1 is 1.42 bits per heavy atom. The van der Waals surface area contributed by atoms with Crippen molar-refractivity contribution in [1.82, 2.24) is 14.3 Å². The van der Waals surface area contributed by atoms with E-state index in [1.807, 2.05) is 40.8 Å². The topological polar surface area (TPSA) is 37.6 Å². The Kier molecular flexibility index (Phi) is 3.01. The zero-order chi connectivity index (χ0) is 13.4. The lowest BCUT2D eigenvalue weighted by atomic mass is 10.0. The quantitative estimate of drug-likeness (QED) is 0.787. The summed E-state index contributed by atoms with van der Waals surface area (Å²) >= 11 is 0. The second-order valence-electron chi connectivity index (χ2n) is 5.44. The molecule has 0 N–H and O–H groups in total. The van der Waals surface area contributed by atoms with Gasteiger partial charge in [-0.15, -0.1) is 0 Å². The first kappa shape index (κ1) is 12.2. The molecule has 0 saturated carbocycles. The molecule has 1 unspecified atom stereocenters. The molecule has 2 aromatic heterocycles. The molecule has 3 heterocycles. The van der Waals surface area contributed by atoms with Gasteiger partial charge in [0.25, 0.3) is 5.91 Å². The zero-order valence-corrected chi connectivity index (χ0v) is 11.5. The lowest BCUT2D eigenvalue weighted by Crippen LogP contribution is -2.42. The first-order chi connectivity index (χ1) is 9.15. The average Bonchev–Trinajstić information content (AvgIpc) is 2.81. The van der Waals surface area contributed by atoms with Crippen LogP contribution in [0.4, 0.5) is 0 Å². The number of carbonyl (C=O) groups excluding carboxylic acids is 1. The van der Waals surface area contributed by atoms with Gasteiger partial charge in [-0.2, -0.15) is 0 Å². The van der Waals surface area contributed by atoms with Gasteiger partial charge in [0.1, 0.15) is 11.3 Å². The van der Waals surface area contributed by atoms with Crippen LogP contribution in [-0.4, -0.2) is 32.8 Å². The van der Waals surface area contributed by atoms with Crippen molar-refractivity contribution in [2.45, 2.75) is 39.2 Å². The van der Waals surface area contributed by atoms with Gasteiger partial charge in [0.05, 0.1) is 0 Å². The number of piperidine rings is 1. The third-order valence-electron chi connectivity index (χ3n) is 3.90. The van der Waals surface area contributed by atoms with E-state index in [-0.39, 0.29) is 5.91 Å². The number of hydrogen-bond acceptors (Lipinski definition) is 2. The molecule has 0 aliphatic carbocycles. The first-order valence-electron chi connectivity index (χ1n) is 6.91. The van der Waals surface area contributed by atoms with Crippen LogP contribution >= 0.6 is 0 Å². The van der Waals surface area contributed by atoms with Gasteiger partial charge in [-0.3, -0.25) is 4.79 Å². The van der Waals surface area contributed by atoms with Crippen LogP contribution in [0.5, 0.6) is 0 Å². The monoisotopic (exact) mass is 257 g/mol. The number of rotatable bonds is 1. The van der Waals surface area contributed by atoms with E-state index in [9.17, 15) is 4.79 Å². The molecule has 100 valence electrons. The van der Waals surface area contributed by atoms with Crippen LogP contribution in [0.25, 0.3) is 5.65 Å². The highest BCUT2D eigenvalue weighted by molar-refractivity contribution is 5.93. The number of likely N-dealkylation sites (tertiary alicyclic amines) is 1. The van der Waals surface area contributed by atoms with Crippen molar-refractivity contribution < 1.29 is 4.79 Å². The minimum absolute atomic E-state index is 0.0635. The molecule has 0 spiro atoms. The summed E-state index contributed by atoms with van der Waals surface area (Å²) in [6, 6.07) is 4.34. The molecule has 3 rings (SSSR count). The van der Waals surface area contributed by atoms with E-state index in [0.29, 0.717) is 11.7 Å². The van der Waals surface area contributed by atoms with Gasteiger partial charge in [0.2, 0.25) is 0 Å². The fraction of sp³-hybridized carbons (Fsp3) is 0.467. The molecular formula is C15H19N3O. The van der Waals surface area contributed by atoms with Gasteiger partial charge in [-0.1, -0.05) is 0 Å². The maximum Gasteiger partial charge on any atom is 0.274 e. The third kappa shape index (κ3) is 2.23. The number of hydrogen-bond donors (Lipinski definition) is 0. The standard InChI is InChI=1S/C15H19N3O/c1-11-6-8-17-10-13(16-14(17)9-11)15(19)18-7-4-3-5-12(18)2/h6,8-10,12H,3-5,7H2,1-2H3. The number of fused-ring (bicyclic) bond motifs is 1. The van der Waals surface area contributed by atoms with Crippen LogP contribution in [0.3, 0.4) is 0 Å². The molecular weight excluding hydrogens is 238 g/mol. The molecule has 19 heavy (non-hydrogen) atoms. The molecule has 1 aliphatic rings. The molecule has 0 bridgehead atoms. The van der Waals surface area contributed by atoms with Crippen molar-refractivity contribution in [3.8, 4) is 0 Å². The molecule has 4 heteroatoms. The summed E-state index contributed by atoms with van der Waals surface area (Å²) in [5.74, 6) is 0.0635. The number of pyridine rings is 1. The Morgan fingerprint density at radius 3 is 3.05 bits per heavy atom. The summed E-state index contributed by atoms with van der Waals surface area (Å²) in [7, 11) is 0. The minimum Gasteiger partial charge on any atom is -0.335 e. The van der Waals surface area contributed by atoms with E-state index in [2.05, 4.69) is 11.9 Å². The summed E-state index contributed by atoms with van der Waals surface area (Å²) in [5.41, 5.74) is 2.55. The largest absolute Gasteiger partial charge is 0.335 e. The maximum atomic E-state index is 12.5. The van der Waals surface area contributed by atoms with E-state index in [1.165, 1.54) is 6.42 Å². The van der Waals surface area contributed by atoms with Gasteiger partial charge in [0, 0.05) is 25.0 Å². The Balaban J connectivity index is 1.92. The van der Waals surface area contributed by atoms with E-state index >= 15 is 0 Å². The van der Waals surface area contributed by atoms with Crippen LogP contribution in [0.2, 0.25) is 0 Å². The molecule has 0 aromatic carbocycles. The van der Waals surface area contributed by atoms with Crippen LogP contribution in [0.1, 0.15) is 42.2 Å². The molecule has 4 nitrogen and oxygen atoms in total. The number of nitrogens with zero attached hydrogens (tertiary/aromatic N) is 3. The normalized spacial score (nSPS) is 19.9. The number of aryl methyl sites for hydroxylation is 1. The fourth-order valence-electron chi connectivity index (χ4n) is 2.73. The van der Waals surface area contributed by atoms with Crippen molar-refractivity contribution in [1.29, 1.82) is 0 Å². The Bertz CT molecular complexity index is 617. The van der Waals surface area contributed by atoms with Gasteiger partial charge in [-0.25, -0.2) is 4.98 Å². The van der Waals surface area contributed by atoms with Crippen LogP contribution in [0.15, 0.2) is 24.5 Å². The molecule has 1 aliphatic heterocycles. The van der Waals surface area contributed by atoms with Crippen LogP contribution in [-0.2, 0) is 0 Å². The van der Waals surface area contributed by atoms with Crippen molar-refractivity contribution in [2.24, 2.45) is 0 Å². The van der Waals surface area contributed by atoms with Crippen LogP contribution in [0, 0.1) is 6.92 Å². The highest BCUT2D eigenvalue weighted by atomic mass is 16.2. The highest BCUT2D eigenvalue weighted by Crippen LogP contribution is 2.19. The Hall–Kier alpha value is -1.84. The molecule has 1 amide bonds. The number of aromatic nitrogens is 2. The summed E-state index contributed by atoms with van der Waals surface area (Å²) in [4.78, 5) is 18.9. The van der Waals surface area contributed by atoms with Crippen molar-refractivity contribution in [3.05, 3.63) is 35.8 Å². The molecule has 2 aromatic rings. The predicted molar refractivity (Wildman–Crippen MR) is 74.3 cm³/mol. The summed E-state index contributed by atoms with van der Waals surface area (Å²) in [6.07, 6.45) is 7.20. The van der Waals surface area contributed by atoms with E-state index in [1.54, 1.807) is 0 Å². The number of imidazole rings is 1. The van der Waals surface area contributed by atoms with Gasteiger partial charge < -0.3 is 9.30 Å². The summed E-state index contributed by atoms with van der Waals surface area (Å²) < 4.78 is 1.91. The molecule has 1 fully saturated rings. The molecule has 1 atom stereocenters. The number of amides is 1. The Labute approximate surface area is 113 Å². The predicted octanol–water partition coefficient (Wildman–Crippen LogP) is 2.66. The minimum atomic E-state index is 0.0635. The van der Waals surface area contributed by atoms with E-state index < -0.39 is 0 Å². The average molecular weight is 257 g/mol. The lowest BCUT2D eigenvalue weighted by Gasteiger charge is -2.32. The maximum absolute atomic E-state index is 12.5. The second kappa shape index (κ2) is 4.68. The smallest absolute Gasteiger partial charge is 0.274 e. The van der Waals surface area contributed by atoms with Gasteiger partial charge in [-0.05, 0) is 50.8 Å². The van der Waals surface area contributed by atoms with Gasteiger partial charge in [0.15, 0.2) is 0 Å². The lowest BCUT2D eigenvalue weighted by molar-refractivity contribution is 0.0630. The first-order valence-corrected chi connectivity index (χ1v) is 6.91. The summed E-state index contributed by atoms with van der Waals surface area (Å²) in [6.45, 7) is 5.01. The van der Waals surface area contributed by atoms with Crippen molar-refractivity contribution in [2.75, 3.05) is 6.54 Å². The van der Waals surface area contributed by atoms with E-state index in [0.717, 1.165) is 30.6 Å². The third-order valence-corrected chi connectivity index (χ3v) is 3.90. The zero-order valence-electron chi connectivity index (χ0n) is 11.5. The van der Waals surface area contributed by atoms with Gasteiger partial charge >= 0.3 is 0 Å².